The summed E-state index contributed by atoms with van der Waals surface area (Å²) in [6.07, 6.45) is -1.51. The molecule has 20 heavy (non-hydrogen) atoms. The van der Waals surface area contributed by atoms with Crippen molar-refractivity contribution in [2.24, 2.45) is 0 Å². The number of hydrogen-bond donors (Lipinski definition) is 2. The number of pyridine rings is 1. The molecule has 0 aliphatic heterocycles. The zero-order valence-electron chi connectivity index (χ0n) is 10.0. The molecule has 0 aliphatic carbocycles. The first-order valence-electron chi connectivity index (χ1n) is 5.43. The van der Waals surface area contributed by atoms with E-state index in [1.165, 1.54) is 0 Å². The quantitative estimate of drug-likeness (QED) is 0.668. The fourth-order valence-corrected chi connectivity index (χ4v) is 1.85. The number of hydrogen-bond acceptors (Lipinski definition) is 5. The molecule has 7 heteroatoms. The molecule has 0 unspecified atom stereocenters. The Morgan fingerprint density at radius 3 is 2.60 bits per heavy atom. The largest absolute Gasteiger partial charge is 0.512 e. The van der Waals surface area contributed by atoms with E-state index in [2.05, 4.69) is 9.72 Å². The summed E-state index contributed by atoms with van der Waals surface area (Å²) in [6.45, 7) is 0. The molecule has 0 fully saturated rings. The van der Waals surface area contributed by atoms with Crippen LogP contribution in [-0.2, 0) is 0 Å². The molecule has 3 N–H and O–H groups in total. The van der Waals surface area contributed by atoms with Crippen LogP contribution in [0.5, 0.6) is 5.88 Å². The Balaban J connectivity index is 2.47. The van der Waals surface area contributed by atoms with Gasteiger partial charge in [0.25, 0.3) is 0 Å². The summed E-state index contributed by atoms with van der Waals surface area (Å²) in [6, 6.07) is 8.75. The monoisotopic (exact) mass is 308 g/mol. The highest BCUT2D eigenvalue weighted by Gasteiger charge is 2.14. The maximum absolute atomic E-state index is 10.6. The van der Waals surface area contributed by atoms with Crippen LogP contribution >= 0.6 is 23.8 Å². The Bertz CT molecular complexity index is 674. The smallest absolute Gasteiger partial charge is 0.449 e. The summed E-state index contributed by atoms with van der Waals surface area (Å²) < 4.78 is 4.50. The summed E-state index contributed by atoms with van der Waals surface area (Å²) in [5.41, 5.74) is 7.99. The van der Waals surface area contributed by atoms with Crippen LogP contribution in [0.15, 0.2) is 30.3 Å². The fraction of sp³-hybridized carbons (Fsp3) is 0. The number of carbonyl (C=O) groups is 1. The van der Waals surface area contributed by atoms with Crippen molar-refractivity contribution in [2.45, 2.75) is 0 Å². The lowest BCUT2D eigenvalue weighted by molar-refractivity contribution is 0.142. The first-order valence-corrected chi connectivity index (χ1v) is 6.28. The molecular weight excluding hydrogens is 300 g/mol. The SMILES string of the molecule is Nc1cc(-c2ccc(C=S)cc2)nc(OC(=O)O)c1Cl. The zero-order valence-corrected chi connectivity index (χ0v) is 11.6. The Hall–Kier alpha value is -2.18. The minimum Gasteiger partial charge on any atom is -0.449 e. The average molecular weight is 309 g/mol. The molecule has 0 aliphatic rings. The standard InChI is InChI=1S/C13H9ClN2O3S/c14-11-9(15)5-10(16-12(11)19-13(17)18)8-3-1-7(6-20)2-4-8/h1-6H,(H2,15,16)(H,17,18). The predicted octanol–water partition coefficient (Wildman–Crippen LogP) is 3.39. The second-order valence-electron chi connectivity index (χ2n) is 3.82. The second-order valence-corrected chi connectivity index (χ2v) is 4.44. The third kappa shape index (κ3) is 3.04. The van der Waals surface area contributed by atoms with Crippen molar-refractivity contribution in [3.63, 3.8) is 0 Å². The van der Waals surface area contributed by atoms with E-state index in [0.717, 1.165) is 11.1 Å². The number of benzene rings is 1. The van der Waals surface area contributed by atoms with E-state index in [1.54, 1.807) is 23.6 Å². The average Bonchev–Trinajstić information content (AvgIpc) is 2.43. The van der Waals surface area contributed by atoms with Crippen molar-refractivity contribution >= 4 is 41.0 Å². The third-order valence-electron chi connectivity index (χ3n) is 2.48. The van der Waals surface area contributed by atoms with Gasteiger partial charge in [-0.05, 0) is 11.6 Å². The number of rotatable bonds is 3. The van der Waals surface area contributed by atoms with Gasteiger partial charge in [-0.3, -0.25) is 0 Å². The maximum Gasteiger partial charge on any atom is 0.512 e. The number of nitrogens with two attached hydrogens (primary N) is 1. The number of thiocarbonyl (C=S) groups is 1. The van der Waals surface area contributed by atoms with Crippen molar-refractivity contribution in [1.82, 2.24) is 4.98 Å². The van der Waals surface area contributed by atoms with Crippen molar-refractivity contribution in [3.05, 3.63) is 40.9 Å². The van der Waals surface area contributed by atoms with E-state index < -0.39 is 6.16 Å². The van der Waals surface area contributed by atoms with Crippen LogP contribution in [0.2, 0.25) is 5.02 Å². The molecular formula is C13H9ClN2O3S. The lowest BCUT2D eigenvalue weighted by Gasteiger charge is -2.08. The molecule has 0 bridgehead atoms. The second kappa shape index (κ2) is 5.85. The van der Waals surface area contributed by atoms with E-state index >= 15 is 0 Å². The molecule has 0 atom stereocenters. The van der Waals surface area contributed by atoms with Crippen molar-refractivity contribution in [1.29, 1.82) is 0 Å². The van der Waals surface area contributed by atoms with Gasteiger partial charge in [0.2, 0.25) is 5.88 Å². The topological polar surface area (TPSA) is 85.4 Å². The molecule has 0 saturated heterocycles. The van der Waals surface area contributed by atoms with Gasteiger partial charge in [-0.1, -0.05) is 48.1 Å². The van der Waals surface area contributed by atoms with Crippen LogP contribution in [0.3, 0.4) is 0 Å². The van der Waals surface area contributed by atoms with Gasteiger partial charge >= 0.3 is 6.16 Å². The highest BCUT2D eigenvalue weighted by atomic mass is 35.5. The molecule has 0 saturated carbocycles. The molecule has 102 valence electrons. The molecule has 1 aromatic carbocycles. The number of nitrogens with zero attached hydrogens (tertiary/aromatic N) is 1. The van der Waals surface area contributed by atoms with Gasteiger partial charge in [0.15, 0.2) is 0 Å². The molecule has 5 nitrogen and oxygen atoms in total. The van der Waals surface area contributed by atoms with E-state index in [0.29, 0.717) is 5.69 Å². The molecule has 2 aromatic rings. The zero-order chi connectivity index (χ0) is 14.7. The number of halogens is 1. The minimum absolute atomic E-state index is 0.0355. The normalized spacial score (nSPS) is 10.1. The fourth-order valence-electron chi connectivity index (χ4n) is 1.56. The van der Waals surface area contributed by atoms with Crippen LogP contribution in [0, 0.1) is 0 Å². The highest BCUT2D eigenvalue weighted by Crippen LogP contribution is 2.32. The highest BCUT2D eigenvalue weighted by molar-refractivity contribution is 7.79. The van der Waals surface area contributed by atoms with E-state index in [-0.39, 0.29) is 16.6 Å². The van der Waals surface area contributed by atoms with Gasteiger partial charge in [0, 0.05) is 10.9 Å². The van der Waals surface area contributed by atoms with Crippen molar-refractivity contribution < 1.29 is 14.6 Å². The first-order chi connectivity index (χ1) is 9.51. The Labute approximate surface area is 125 Å². The summed E-state index contributed by atoms with van der Waals surface area (Å²) >= 11 is 10.7. The van der Waals surface area contributed by atoms with Crippen LogP contribution < -0.4 is 10.5 Å². The van der Waals surface area contributed by atoms with Crippen LogP contribution in [0.25, 0.3) is 11.3 Å². The van der Waals surface area contributed by atoms with Crippen molar-refractivity contribution in [3.8, 4) is 17.1 Å². The maximum atomic E-state index is 10.6. The minimum atomic E-state index is -1.51. The van der Waals surface area contributed by atoms with Gasteiger partial charge in [-0.2, -0.15) is 0 Å². The Morgan fingerprint density at radius 2 is 2.05 bits per heavy atom. The lowest BCUT2D eigenvalue weighted by atomic mass is 10.1. The molecule has 0 amide bonds. The molecule has 0 radical (unpaired) electrons. The Morgan fingerprint density at radius 1 is 1.40 bits per heavy atom. The third-order valence-corrected chi connectivity index (χ3v) is 3.13. The molecule has 1 aromatic heterocycles. The lowest BCUT2D eigenvalue weighted by Crippen LogP contribution is -2.06. The van der Waals surface area contributed by atoms with Crippen molar-refractivity contribution in [2.75, 3.05) is 5.73 Å². The molecule has 0 spiro atoms. The summed E-state index contributed by atoms with van der Waals surface area (Å²) in [5, 5.41) is 10.1. The van der Waals surface area contributed by atoms with Crippen LogP contribution in [0.4, 0.5) is 10.5 Å². The van der Waals surface area contributed by atoms with Crippen LogP contribution in [-0.4, -0.2) is 21.6 Å². The van der Waals surface area contributed by atoms with Gasteiger partial charge in [-0.25, -0.2) is 9.78 Å². The van der Waals surface area contributed by atoms with Gasteiger partial charge in [0.1, 0.15) is 5.02 Å². The molecule has 2 rings (SSSR count). The molecule has 1 heterocycles. The number of ether oxygens (including phenoxy) is 1. The Kier molecular flexibility index (Phi) is 4.16. The summed E-state index contributed by atoms with van der Waals surface area (Å²) in [7, 11) is 0. The van der Waals surface area contributed by atoms with E-state index in [4.69, 9.17) is 34.7 Å². The van der Waals surface area contributed by atoms with E-state index in [9.17, 15) is 4.79 Å². The number of nitrogen functional groups attached to an aromatic ring is 1. The summed E-state index contributed by atoms with van der Waals surface area (Å²) in [4.78, 5) is 14.6. The predicted molar refractivity (Wildman–Crippen MR) is 80.5 cm³/mol. The number of anilines is 1. The number of aromatic nitrogens is 1. The first kappa shape index (κ1) is 14.2. The van der Waals surface area contributed by atoms with Gasteiger partial charge in [-0.15, -0.1) is 0 Å². The van der Waals surface area contributed by atoms with Crippen LogP contribution in [0.1, 0.15) is 5.56 Å². The number of carboxylic acid groups (broad SMARTS) is 1. The van der Waals surface area contributed by atoms with Gasteiger partial charge < -0.3 is 15.6 Å². The van der Waals surface area contributed by atoms with E-state index in [1.807, 2.05) is 12.1 Å². The summed E-state index contributed by atoms with van der Waals surface area (Å²) in [5.74, 6) is -0.243. The van der Waals surface area contributed by atoms with Gasteiger partial charge in [0.05, 0.1) is 11.4 Å².